The maximum absolute atomic E-state index is 14.1. The Balaban J connectivity index is 0.618. The number of nitrogens with one attached hydrogen (secondary N) is 11. The van der Waals surface area contributed by atoms with Crippen LogP contribution in [0.25, 0.3) is 38.5 Å². The molecule has 1 spiro atoms. The number of aliphatic carboxylic acids is 3. The predicted molar refractivity (Wildman–Crippen MR) is 377 cm³/mol. The van der Waals surface area contributed by atoms with Gasteiger partial charge in [-0.25, -0.2) is 19.6 Å². The van der Waals surface area contributed by atoms with E-state index in [1.165, 1.54) is 36.0 Å². The Hall–Kier alpha value is -11.9. The summed E-state index contributed by atoms with van der Waals surface area (Å²) in [6.45, 7) is 5.09. The van der Waals surface area contributed by atoms with Gasteiger partial charge in [-0.3, -0.25) is 53.5 Å². The normalized spacial score (nSPS) is 16.1. The van der Waals surface area contributed by atoms with Crippen molar-refractivity contribution < 1.29 is 63.3 Å². The lowest BCUT2D eigenvalue weighted by atomic mass is 9.80. The number of hydrogen-bond acceptors (Lipinski definition) is 19. The summed E-state index contributed by atoms with van der Waals surface area (Å²) in [7, 11) is 2.13. The minimum atomic E-state index is -1.83. The topological polar surface area (TPSA) is 498 Å². The Morgan fingerprint density at radius 3 is 2.14 bits per heavy atom. The van der Waals surface area contributed by atoms with E-state index in [-0.39, 0.29) is 95.4 Å². The van der Waals surface area contributed by atoms with Gasteiger partial charge >= 0.3 is 17.9 Å². The predicted octanol–water partition coefficient (Wildman–Crippen LogP) is 5.19. The molecular formula is C68H69N17O14S2. The third-order valence-corrected chi connectivity index (χ3v) is 19.9. The Morgan fingerprint density at radius 1 is 0.743 bits per heavy atom. The standard InChI is InChI=1S/C68H69N17O14S2/c1-33-21-53-68(45-7-3-2-6-44(33)45)28-38(68)31-85(53)63(95)51-26-37-23-41(13-16-47(37)79-51)77-60(92)49-25-36-22-40(12-15-46(36)78-49)75-54(87)18-20-100-101-32-52(65(98)99)82-61(93)50(27-55(88)89)81-59(91)35(5-4-19-72-66(69)70)24-43(86)14-17-48(64(96)97)80-58(90)34-8-10-39(11-9-34)73-29-42-30-74-57-56(76-42)62(94)84-67(71)83-57/h2-3,6-13,15-16,21-23,25-26,30,35,38,48,50,52,73,78-79H,1,4-5,14,17-20,24,27-29,31-32H2,(H,75,87)(H,77,92)(H,80,90)(H,81,91)(H,82,93)(H,88,89)(H,96,97)(H,98,99)(H4,69,70,72)(H3,71,74,83,84,94)/t35-,38?,48+,50+,52?,68?/m0/s1. The molecule has 31 nitrogen and oxygen atoms in total. The molecule has 8 aromatic rings. The van der Waals surface area contributed by atoms with Gasteiger partial charge in [0.1, 0.15) is 35.3 Å². The van der Waals surface area contributed by atoms with Crippen molar-refractivity contribution in [3.63, 3.8) is 0 Å². The first-order chi connectivity index (χ1) is 48.4. The monoisotopic (exact) mass is 1410 g/mol. The number of Topliss-reactive ketones (excluding diaryl/α,β-unsaturated/α-hetero) is 1. The van der Waals surface area contributed by atoms with E-state index in [2.05, 4.69) is 85.8 Å². The zero-order valence-corrected chi connectivity index (χ0v) is 55.4. The highest BCUT2D eigenvalue weighted by Gasteiger charge is 2.66. The molecule has 2 aliphatic carbocycles. The third kappa shape index (κ3) is 16.7. The van der Waals surface area contributed by atoms with Crippen LogP contribution in [0.4, 0.5) is 23.0 Å². The number of hydrogen-bond donors (Lipinski definition) is 16. The SMILES string of the molecule is C=C1C=C2N(C(=O)c3cc4cc(NC(=O)c5cc6cc(NC(=O)CCSSCC(NC(=O)[C@@H](CC(=O)O)NC(=O)[C@@H](CCCNC(=N)N)CC(=O)CC[C@@H](NC(=O)c7ccc(NCc8cnc9nc(N)[nH]c(=O)c9n8)cc7)C(=O)O)C(=O)O)ccc6[nH]5)ccc4[nH]3)CC3CC23c2ccccc21. The summed E-state index contributed by atoms with van der Waals surface area (Å²) >= 11 is 0. The number of guanidine groups is 1. The van der Waals surface area contributed by atoms with Crippen LogP contribution in [0.3, 0.4) is 0 Å². The lowest BCUT2D eigenvalue weighted by Gasteiger charge is -2.30. The molecule has 0 radical (unpaired) electrons. The minimum absolute atomic E-state index is 0.0154. The molecule has 101 heavy (non-hydrogen) atoms. The van der Waals surface area contributed by atoms with Crippen LogP contribution < -0.4 is 54.2 Å². The number of piperidine rings is 1. The van der Waals surface area contributed by atoms with Gasteiger partial charge in [0.15, 0.2) is 17.1 Å². The van der Waals surface area contributed by atoms with Gasteiger partial charge in [0.25, 0.3) is 23.3 Å². The molecule has 5 heterocycles. The number of nitrogens with two attached hydrogens (primary N) is 2. The summed E-state index contributed by atoms with van der Waals surface area (Å²) in [6, 6.07) is 23.0. The third-order valence-electron chi connectivity index (χ3n) is 17.5. The van der Waals surface area contributed by atoms with Crippen molar-refractivity contribution in [1.82, 2.24) is 56.1 Å². The number of benzene rings is 4. The van der Waals surface area contributed by atoms with Gasteiger partial charge in [0, 0.05) is 105 Å². The summed E-state index contributed by atoms with van der Waals surface area (Å²) in [6.07, 6.45) is 2.11. The Bertz CT molecular complexity index is 4780. The van der Waals surface area contributed by atoms with E-state index in [1.54, 1.807) is 48.5 Å². The molecular weight excluding hydrogens is 1340 g/mol. The van der Waals surface area contributed by atoms with Crippen molar-refractivity contribution in [3.05, 3.63) is 166 Å². The number of nitrogens with zero attached hydrogens (tertiary/aromatic N) is 4. The molecule has 3 aliphatic rings. The van der Waals surface area contributed by atoms with Gasteiger partial charge in [-0.15, -0.1) is 0 Å². The molecule has 522 valence electrons. The highest BCUT2D eigenvalue weighted by molar-refractivity contribution is 8.76. The van der Waals surface area contributed by atoms with Crippen LogP contribution in [0.1, 0.15) is 99.5 Å². The van der Waals surface area contributed by atoms with Gasteiger partial charge in [0.05, 0.1) is 24.9 Å². The van der Waals surface area contributed by atoms with E-state index in [4.69, 9.17) is 16.9 Å². The molecule has 6 amide bonds. The molecule has 33 heteroatoms. The largest absolute Gasteiger partial charge is 0.481 e. The summed E-state index contributed by atoms with van der Waals surface area (Å²) < 4.78 is 0. The first-order valence-electron chi connectivity index (χ1n) is 31.9. The van der Waals surface area contributed by atoms with E-state index in [9.17, 15) is 68.1 Å². The summed E-state index contributed by atoms with van der Waals surface area (Å²) in [5.74, 6) is -10.4. The number of allylic oxidation sites excluding steroid dienone is 3. The molecule has 18 N–H and O–H groups in total. The van der Waals surface area contributed by atoms with E-state index >= 15 is 0 Å². The molecule has 1 saturated carbocycles. The number of carboxylic acid groups (broad SMARTS) is 3. The number of H-pyrrole nitrogens is 3. The molecule has 0 bridgehead atoms. The second-order valence-corrected chi connectivity index (χ2v) is 27.1. The molecule has 1 aliphatic heterocycles. The number of rotatable bonds is 32. The number of nitrogen functional groups attached to an aromatic ring is 1. The smallest absolute Gasteiger partial charge is 0.327 e. The molecule has 11 rings (SSSR count). The summed E-state index contributed by atoms with van der Waals surface area (Å²) in [5, 5.41) is 57.0. The zero-order valence-electron chi connectivity index (χ0n) is 53.8. The number of carbonyl (C=O) groups excluding carboxylic acids is 7. The maximum Gasteiger partial charge on any atom is 0.327 e. The van der Waals surface area contributed by atoms with Gasteiger partial charge in [-0.1, -0.05) is 52.4 Å². The van der Waals surface area contributed by atoms with Crippen molar-refractivity contribution in [1.29, 1.82) is 5.41 Å². The van der Waals surface area contributed by atoms with Crippen molar-refractivity contribution in [2.45, 2.75) is 81.5 Å². The number of ketones is 1. The number of fused-ring (bicyclic) bond motifs is 4. The fourth-order valence-corrected chi connectivity index (χ4v) is 14.6. The molecule has 2 fully saturated rings. The quantitative estimate of drug-likeness (QED) is 0.0112. The molecule has 3 unspecified atom stereocenters. The van der Waals surface area contributed by atoms with Crippen molar-refractivity contribution in [3.8, 4) is 0 Å². The van der Waals surface area contributed by atoms with Crippen LogP contribution in [0.15, 0.2) is 126 Å². The number of carboxylic acids is 3. The van der Waals surface area contributed by atoms with Crippen LogP contribution in [0.5, 0.6) is 0 Å². The van der Waals surface area contributed by atoms with E-state index in [0.29, 0.717) is 51.8 Å². The highest BCUT2D eigenvalue weighted by Crippen LogP contribution is 2.67. The van der Waals surface area contributed by atoms with E-state index in [0.717, 1.165) is 55.7 Å². The van der Waals surface area contributed by atoms with Gasteiger partial charge in [-0.05, 0) is 127 Å². The highest BCUT2D eigenvalue weighted by atomic mass is 33.1. The molecule has 4 aromatic heterocycles. The minimum Gasteiger partial charge on any atom is -0.481 e. The van der Waals surface area contributed by atoms with Crippen LogP contribution >= 0.6 is 21.6 Å². The average Bonchev–Trinajstić information content (AvgIpc) is 1.51. The summed E-state index contributed by atoms with van der Waals surface area (Å²) in [5.41, 5.74) is 18.4. The average molecular weight is 1410 g/mol. The Morgan fingerprint density at radius 2 is 1.43 bits per heavy atom. The second-order valence-electron chi connectivity index (χ2n) is 24.5. The van der Waals surface area contributed by atoms with Crippen LogP contribution in [0, 0.1) is 17.2 Å². The number of carbonyl (C=O) groups is 10. The fourth-order valence-electron chi connectivity index (χ4n) is 12.4. The molecule has 4 aromatic carbocycles. The van der Waals surface area contributed by atoms with Gasteiger partial charge in [0.2, 0.25) is 23.7 Å². The van der Waals surface area contributed by atoms with Gasteiger partial charge in [-0.2, -0.15) is 4.98 Å². The zero-order chi connectivity index (χ0) is 71.8. The molecule has 6 atom stereocenters. The van der Waals surface area contributed by atoms with Crippen LogP contribution in [0.2, 0.25) is 0 Å². The van der Waals surface area contributed by atoms with Crippen LogP contribution in [-0.2, 0) is 45.5 Å². The second kappa shape index (κ2) is 30.5. The lowest BCUT2D eigenvalue weighted by molar-refractivity contribution is -0.143. The van der Waals surface area contributed by atoms with Crippen molar-refractivity contribution in [2.24, 2.45) is 17.6 Å². The van der Waals surface area contributed by atoms with Gasteiger partial charge < -0.3 is 78.9 Å². The summed E-state index contributed by atoms with van der Waals surface area (Å²) in [4.78, 5) is 167. The van der Waals surface area contributed by atoms with Crippen LogP contribution in [-0.4, -0.2) is 158 Å². The number of aromatic nitrogens is 6. The van der Waals surface area contributed by atoms with E-state index < -0.39 is 103 Å². The van der Waals surface area contributed by atoms with Crippen molar-refractivity contribution >= 4 is 148 Å². The lowest BCUT2D eigenvalue weighted by Crippen LogP contribution is -2.54. The maximum atomic E-state index is 14.1. The van der Waals surface area contributed by atoms with E-state index in [1.807, 2.05) is 23.1 Å². The van der Waals surface area contributed by atoms with Crippen molar-refractivity contribution in [2.75, 3.05) is 46.3 Å². The number of anilines is 4. The molecule has 1 saturated heterocycles. The first kappa shape index (κ1) is 70.4. The Labute approximate surface area is 581 Å². The fraction of sp³-hybridized carbons (Fsp3) is 0.279. The Kier molecular flexibility index (Phi) is 21.3. The number of amides is 6. The number of aromatic amines is 3. The first-order valence-corrected chi connectivity index (χ1v) is 34.4. The number of likely N-dealkylation sites (tertiary alicyclic amines) is 1.